The number of alkyl halides is 1. The molecule has 0 heterocycles. The van der Waals surface area contributed by atoms with E-state index in [-0.39, 0.29) is 23.5 Å². The fourth-order valence-corrected chi connectivity index (χ4v) is 3.29. The lowest BCUT2D eigenvalue weighted by Crippen LogP contribution is -2.43. The van der Waals surface area contributed by atoms with Crippen molar-refractivity contribution >= 4 is 0 Å². The summed E-state index contributed by atoms with van der Waals surface area (Å²) in [6.07, 6.45) is 6.88. The maximum absolute atomic E-state index is 13.4. The summed E-state index contributed by atoms with van der Waals surface area (Å²) < 4.78 is 31.6. The summed E-state index contributed by atoms with van der Waals surface area (Å²) in [7, 11) is 1.39. The number of halogens is 2. The lowest BCUT2D eigenvalue weighted by molar-refractivity contribution is 0.129. The Hall–Kier alpha value is -1.80. The average molecular weight is 426 g/mol. The Balaban J connectivity index is 2.42. The molecule has 0 bridgehead atoms. The number of hydrogen-bond donors (Lipinski definition) is 3. The lowest BCUT2D eigenvalue weighted by Gasteiger charge is -2.22. The summed E-state index contributed by atoms with van der Waals surface area (Å²) in [5, 5.41) is 16.5. The monoisotopic (exact) mass is 425 g/mol. The summed E-state index contributed by atoms with van der Waals surface area (Å²) in [4.78, 5) is 2.24. The first-order valence-corrected chi connectivity index (χ1v) is 10.4. The molecule has 0 aromatic rings. The van der Waals surface area contributed by atoms with Gasteiger partial charge in [-0.15, -0.1) is 0 Å². The highest BCUT2D eigenvalue weighted by Crippen LogP contribution is 2.40. The summed E-state index contributed by atoms with van der Waals surface area (Å²) in [6, 6.07) is 0.0649. The first kappa shape index (κ1) is 26.2. The Labute approximate surface area is 179 Å². The fraction of sp³-hybridized carbons (Fsp3) is 0.565. The van der Waals surface area contributed by atoms with Gasteiger partial charge in [0.15, 0.2) is 0 Å². The standard InChI is InChI=1S/C23H37F2N3O2/c1-6-9-18(7-2)16-28(8-3)11-10-26-23(29)15-27-21-13-19(21)20(12-17(4)25)22(14-24)30-5/h6-7,9,12,19,21,23,26-27,29H,1-2,8,10-11,13-16H2,3-5H3/b17-12+,18-9+,22-20-. The molecule has 7 heteroatoms. The maximum Gasteiger partial charge on any atom is 0.147 e. The first-order valence-electron chi connectivity index (χ1n) is 10.4. The maximum atomic E-state index is 13.4. The van der Waals surface area contributed by atoms with Gasteiger partial charge in [-0.2, -0.15) is 0 Å². The van der Waals surface area contributed by atoms with Gasteiger partial charge in [0.25, 0.3) is 0 Å². The number of rotatable bonds is 16. The highest BCUT2D eigenvalue weighted by Gasteiger charge is 2.40. The van der Waals surface area contributed by atoms with Crippen molar-refractivity contribution in [1.29, 1.82) is 0 Å². The number of allylic oxidation sites excluding steroid dienone is 5. The number of likely N-dealkylation sites (N-methyl/N-ethyl adjacent to an activating group) is 1. The van der Waals surface area contributed by atoms with Gasteiger partial charge in [-0.3, -0.25) is 10.2 Å². The van der Waals surface area contributed by atoms with Crippen LogP contribution in [0.15, 0.2) is 60.2 Å². The number of methoxy groups -OCH3 is 1. The molecule has 170 valence electrons. The zero-order valence-corrected chi connectivity index (χ0v) is 18.5. The quantitative estimate of drug-likeness (QED) is 0.201. The third kappa shape index (κ3) is 9.34. The molecule has 0 spiro atoms. The van der Waals surface area contributed by atoms with E-state index in [1.807, 2.05) is 12.2 Å². The fourth-order valence-electron chi connectivity index (χ4n) is 3.29. The third-order valence-electron chi connectivity index (χ3n) is 5.06. The van der Waals surface area contributed by atoms with Crippen LogP contribution in [0.4, 0.5) is 8.78 Å². The van der Waals surface area contributed by atoms with Crippen molar-refractivity contribution < 1.29 is 18.6 Å². The minimum absolute atomic E-state index is 0.0156. The molecule has 0 aromatic heterocycles. The minimum atomic E-state index is -0.771. The number of nitrogens with zero attached hydrogens (tertiary/aromatic N) is 1. The predicted octanol–water partition coefficient (Wildman–Crippen LogP) is 3.24. The number of aliphatic hydroxyl groups is 1. The van der Waals surface area contributed by atoms with E-state index in [1.165, 1.54) is 20.1 Å². The van der Waals surface area contributed by atoms with Crippen LogP contribution in [0.2, 0.25) is 0 Å². The molecule has 3 atom stereocenters. The average Bonchev–Trinajstić information content (AvgIpc) is 3.50. The van der Waals surface area contributed by atoms with Crippen LogP contribution in [0, 0.1) is 5.92 Å². The van der Waals surface area contributed by atoms with Gasteiger partial charge in [-0.05, 0) is 37.1 Å². The van der Waals surface area contributed by atoms with Crippen LogP contribution in [0.25, 0.3) is 0 Å². The van der Waals surface area contributed by atoms with Crippen LogP contribution in [-0.2, 0) is 4.74 Å². The van der Waals surface area contributed by atoms with E-state index < -0.39 is 12.9 Å². The van der Waals surface area contributed by atoms with Crippen molar-refractivity contribution in [1.82, 2.24) is 15.5 Å². The number of ether oxygens (including phenoxy) is 1. The van der Waals surface area contributed by atoms with E-state index in [0.29, 0.717) is 18.7 Å². The van der Waals surface area contributed by atoms with Crippen LogP contribution in [-0.4, -0.2) is 68.8 Å². The van der Waals surface area contributed by atoms with Gasteiger partial charge in [0.2, 0.25) is 0 Å². The van der Waals surface area contributed by atoms with Crippen LogP contribution in [0.3, 0.4) is 0 Å². The molecular formula is C23H37F2N3O2. The molecule has 0 radical (unpaired) electrons. The first-order chi connectivity index (χ1) is 14.4. The highest BCUT2D eigenvalue weighted by atomic mass is 19.1. The van der Waals surface area contributed by atoms with Gasteiger partial charge < -0.3 is 15.2 Å². The lowest BCUT2D eigenvalue weighted by atomic mass is 10.1. The van der Waals surface area contributed by atoms with Crippen LogP contribution in [0.5, 0.6) is 0 Å². The molecule has 0 amide bonds. The molecule has 30 heavy (non-hydrogen) atoms. The smallest absolute Gasteiger partial charge is 0.147 e. The van der Waals surface area contributed by atoms with Crippen molar-refractivity contribution in [3.8, 4) is 0 Å². The molecule has 0 aromatic carbocycles. The molecule has 5 nitrogen and oxygen atoms in total. The topological polar surface area (TPSA) is 56.8 Å². The van der Waals surface area contributed by atoms with Crippen molar-refractivity contribution in [2.45, 2.75) is 32.5 Å². The minimum Gasteiger partial charge on any atom is -0.498 e. The van der Waals surface area contributed by atoms with Gasteiger partial charge >= 0.3 is 0 Å². The van der Waals surface area contributed by atoms with Crippen molar-refractivity contribution in [3.05, 3.63) is 60.2 Å². The van der Waals surface area contributed by atoms with Crippen molar-refractivity contribution in [3.63, 3.8) is 0 Å². The molecule has 0 saturated heterocycles. The molecule has 3 N–H and O–H groups in total. The Bertz CT molecular complexity index is 636. The van der Waals surface area contributed by atoms with Crippen molar-refractivity contribution in [2.24, 2.45) is 5.92 Å². The largest absolute Gasteiger partial charge is 0.498 e. The van der Waals surface area contributed by atoms with Gasteiger partial charge in [0.05, 0.1) is 12.9 Å². The second-order valence-corrected chi connectivity index (χ2v) is 7.32. The van der Waals surface area contributed by atoms with Crippen molar-refractivity contribution in [2.75, 3.05) is 46.5 Å². The molecule has 1 saturated carbocycles. The highest BCUT2D eigenvalue weighted by molar-refractivity contribution is 5.33. The van der Waals surface area contributed by atoms with Gasteiger partial charge in [-0.25, -0.2) is 8.78 Å². The molecule has 1 aliphatic rings. The van der Waals surface area contributed by atoms with E-state index in [4.69, 9.17) is 4.74 Å². The normalized spacial score (nSPS) is 21.3. The zero-order valence-electron chi connectivity index (χ0n) is 18.5. The number of aliphatic hydroxyl groups excluding tert-OH is 1. The molecule has 1 aliphatic carbocycles. The van der Waals surface area contributed by atoms with E-state index in [2.05, 4.69) is 35.6 Å². The van der Waals surface area contributed by atoms with E-state index in [9.17, 15) is 13.9 Å². The van der Waals surface area contributed by atoms with Crippen LogP contribution < -0.4 is 10.6 Å². The summed E-state index contributed by atoms with van der Waals surface area (Å²) in [5.41, 5.74) is 1.64. The summed E-state index contributed by atoms with van der Waals surface area (Å²) >= 11 is 0. The number of nitrogens with one attached hydrogen (secondary N) is 2. The summed E-state index contributed by atoms with van der Waals surface area (Å²) in [6.45, 7) is 13.6. The Kier molecular flexibility index (Phi) is 12.5. The van der Waals surface area contributed by atoms with Crippen LogP contribution >= 0.6 is 0 Å². The van der Waals surface area contributed by atoms with Crippen LogP contribution in [0.1, 0.15) is 20.3 Å². The Morgan fingerprint density at radius 2 is 2.13 bits per heavy atom. The third-order valence-corrected chi connectivity index (χ3v) is 5.06. The van der Waals surface area contributed by atoms with Gasteiger partial charge in [0, 0.05) is 38.1 Å². The Morgan fingerprint density at radius 1 is 1.40 bits per heavy atom. The molecule has 3 unspecified atom stereocenters. The SMILES string of the molecule is C=C/C=C(\C=C)CN(CC)CCNC(O)CNC1CC1C(/C=C(\C)F)=C(/CF)OC. The van der Waals surface area contributed by atoms with E-state index in [0.717, 1.165) is 31.6 Å². The molecule has 1 fully saturated rings. The van der Waals surface area contributed by atoms with Gasteiger partial charge in [0.1, 0.15) is 18.7 Å². The molecule has 1 rings (SSSR count). The predicted molar refractivity (Wildman–Crippen MR) is 119 cm³/mol. The van der Waals surface area contributed by atoms with Gasteiger partial charge in [-0.1, -0.05) is 38.3 Å². The molecule has 0 aliphatic heterocycles. The molecular weight excluding hydrogens is 388 g/mol. The van der Waals surface area contributed by atoms with E-state index >= 15 is 0 Å². The number of hydrogen-bond acceptors (Lipinski definition) is 5. The Morgan fingerprint density at radius 3 is 2.67 bits per heavy atom. The second kappa shape index (κ2) is 14.2. The van der Waals surface area contributed by atoms with E-state index in [1.54, 1.807) is 6.08 Å². The summed E-state index contributed by atoms with van der Waals surface area (Å²) in [5.74, 6) is -0.245. The second-order valence-electron chi connectivity index (χ2n) is 7.32. The zero-order chi connectivity index (χ0) is 22.5.